The molecule has 23 heavy (non-hydrogen) atoms. The lowest BCUT2D eigenvalue weighted by atomic mass is 10.0. The van der Waals surface area contributed by atoms with Crippen LogP contribution < -0.4 is 0 Å². The van der Waals surface area contributed by atoms with Crippen molar-refractivity contribution in [3.63, 3.8) is 0 Å². The van der Waals surface area contributed by atoms with Crippen LogP contribution in [0.15, 0.2) is 30.3 Å². The molecule has 0 aromatic heterocycles. The van der Waals surface area contributed by atoms with Crippen LogP contribution in [0.5, 0.6) is 0 Å². The van der Waals surface area contributed by atoms with Gasteiger partial charge in [-0.1, -0.05) is 30.3 Å². The molecule has 1 aromatic rings. The Balaban J connectivity index is 1.96. The number of benzene rings is 1. The van der Waals surface area contributed by atoms with Crippen LogP contribution in [0.1, 0.15) is 5.56 Å². The van der Waals surface area contributed by atoms with Gasteiger partial charge in [0.1, 0.15) is 6.10 Å². The Morgan fingerprint density at radius 2 is 1.87 bits per heavy atom. The molecule has 1 heterocycles. The summed E-state index contributed by atoms with van der Waals surface area (Å²) < 4.78 is 43.2. The normalized spacial score (nSPS) is 24.6. The summed E-state index contributed by atoms with van der Waals surface area (Å²) in [6.07, 6.45) is -0.920. The summed E-state index contributed by atoms with van der Waals surface area (Å²) in [7, 11) is -2.32. The molecular formula is C15H20O7S. The van der Waals surface area contributed by atoms with Crippen LogP contribution in [0.2, 0.25) is 0 Å². The Morgan fingerprint density at radius 3 is 2.48 bits per heavy atom. The summed E-state index contributed by atoms with van der Waals surface area (Å²) in [4.78, 5) is 11.9. The highest BCUT2D eigenvalue weighted by molar-refractivity contribution is 7.86. The number of carbonyl (C=O) groups is 1. The highest BCUT2D eigenvalue weighted by atomic mass is 32.2. The highest BCUT2D eigenvalue weighted by Crippen LogP contribution is 2.27. The molecule has 8 heteroatoms. The number of rotatable bonds is 8. The van der Waals surface area contributed by atoms with E-state index < -0.39 is 34.2 Å². The van der Waals surface area contributed by atoms with Gasteiger partial charge in [-0.25, -0.2) is 4.79 Å². The maximum absolute atomic E-state index is 11.9. The van der Waals surface area contributed by atoms with Crippen LogP contribution >= 0.6 is 0 Å². The van der Waals surface area contributed by atoms with E-state index in [2.05, 4.69) is 0 Å². The fourth-order valence-corrected chi connectivity index (χ4v) is 2.98. The standard InChI is InChI=1S/C15H20O7S/c1-19-9-12-13(10-20-8-11-6-4-3-5-7-11)21-15(16)14(12)22-23(2,17)18/h3-7,12-14H,8-10H2,1-2H3/t12-,13-,14-/m1/s1. The molecule has 0 spiro atoms. The van der Waals surface area contributed by atoms with Gasteiger partial charge in [-0.15, -0.1) is 0 Å². The number of carbonyl (C=O) groups excluding carboxylic acids is 1. The smallest absolute Gasteiger partial charge is 0.337 e. The van der Waals surface area contributed by atoms with Crippen molar-refractivity contribution in [2.75, 3.05) is 26.6 Å². The van der Waals surface area contributed by atoms with Crippen LogP contribution in [0.4, 0.5) is 0 Å². The molecule has 1 saturated heterocycles. The Hall–Kier alpha value is -1.48. The van der Waals surface area contributed by atoms with E-state index in [0.717, 1.165) is 11.8 Å². The van der Waals surface area contributed by atoms with Crippen molar-refractivity contribution in [2.24, 2.45) is 5.92 Å². The minimum Gasteiger partial charge on any atom is -0.457 e. The molecule has 2 rings (SSSR count). The van der Waals surface area contributed by atoms with E-state index in [9.17, 15) is 13.2 Å². The van der Waals surface area contributed by atoms with Crippen molar-refractivity contribution < 1.29 is 31.6 Å². The van der Waals surface area contributed by atoms with E-state index in [1.165, 1.54) is 7.11 Å². The zero-order chi connectivity index (χ0) is 16.9. The van der Waals surface area contributed by atoms with Gasteiger partial charge in [0.05, 0.1) is 32.0 Å². The third-order valence-electron chi connectivity index (χ3n) is 3.40. The lowest BCUT2D eigenvalue weighted by molar-refractivity contribution is -0.148. The van der Waals surface area contributed by atoms with Gasteiger partial charge in [0.2, 0.25) is 0 Å². The first kappa shape index (κ1) is 17.9. The van der Waals surface area contributed by atoms with E-state index in [0.29, 0.717) is 6.61 Å². The van der Waals surface area contributed by atoms with Crippen molar-refractivity contribution in [1.29, 1.82) is 0 Å². The molecule has 1 aliphatic heterocycles. The first-order valence-electron chi connectivity index (χ1n) is 7.10. The zero-order valence-corrected chi connectivity index (χ0v) is 13.8. The molecule has 1 aliphatic rings. The molecule has 3 atom stereocenters. The molecule has 1 aromatic carbocycles. The van der Waals surface area contributed by atoms with E-state index in [1.54, 1.807) is 0 Å². The van der Waals surface area contributed by atoms with Gasteiger partial charge in [-0.3, -0.25) is 4.18 Å². The van der Waals surface area contributed by atoms with E-state index >= 15 is 0 Å². The Kier molecular flexibility index (Phi) is 6.11. The Bertz CT molecular complexity index is 614. The topological polar surface area (TPSA) is 88.1 Å². The van der Waals surface area contributed by atoms with Gasteiger partial charge >= 0.3 is 5.97 Å². The summed E-state index contributed by atoms with van der Waals surface area (Å²) in [5, 5.41) is 0. The molecule has 0 bridgehead atoms. The van der Waals surface area contributed by atoms with Gasteiger partial charge in [0, 0.05) is 7.11 Å². The van der Waals surface area contributed by atoms with Crippen molar-refractivity contribution in [1.82, 2.24) is 0 Å². The minimum atomic E-state index is -3.78. The number of hydrogen-bond acceptors (Lipinski definition) is 7. The fourth-order valence-electron chi connectivity index (χ4n) is 2.38. The average Bonchev–Trinajstić information content (AvgIpc) is 2.76. The van der Waals surface area contributed by atoms with Gasteiger partial charge in [0.15, 0.2) is 6.10 Å². The quantitative estimate of drug-likeness (QED) is 0.507. The molecule has 7 nitrogen and oxygen atoms in total. The summed E-state index contributed by atoms with van der Waals surface area (Å²) in [5.41, 5.74) is 0.990. The van der Waals surface area contributed by atoms with Crippen molar-refractivity contribution >= 4 is 16.1 Å². The van der Waals surface area contributed by atoms with E-state index in [4.69, 9.17) is 18.4 Å². The predicted octanol–water partition coefficient (Wildman–Crippen LogP) is 0.736. The highest BCUT2D eigenvalue weighted by Gasteiger charge is 2.47. The van der Waals surface area contributed by atoms with Crippen LogP contribution in [0, 0.1) is 5.92 Å². The lowest BCUT2D eigenvalue weighted by Crippen LogP contribution is -2.35. The maximum atomic E-state index is 11.9. The van der Waals surface area contributed by atoms with Crippen molar-refractivity contribution in [3.05, 3.63) is 35.9 Å². The fraction of sp³-hybridized carbons (Fsp3) is 0.533. The average molecular weight is 344 g/mol. The monoisotopic (exact) mass is 344 g/mol. The molecule has 0 radical (unpaired) electrons. The van der Waals surface area contributed by atoms with Gasteiger partial charge < -0.3 is 14.2 Å². The molecule has 0 saturated carbocycles. The van der Waals surface area contributed by atoms with Crippen molar-refractivity contribution in [2.45, 2.75) is 18.8 Å². The Morgan fingerprint density at radius 1 is 1.17 bits per heavy atom. The second kappa shape index (κ2) is 7.87. The Labute approximate surface area is 135 Å². The molecule has 0 amide bonds. The van der Waals surface area contributed by atoms with Crippen LogP contribution in [-0.2, 0) is 39.9 Å². The molecule has 0 aliphatic carbocycles. The predicted molar refractivity (Wildman–Crippen MR) is 81.1 cm³/mol. The van der Waals surface area contributed by atoms with Crippen LogP contribution in [-0.4, -0.2) is 53.2 Å². The van der Waals surface area contributed by atoms with Gasteiger partial charge in [-0.2, -0.15) is 8.42 Å². The molecule has 1 fully saturated rings. The largest absolute Gasteiger partial charge is 0.457 e. The molecule has 0 unspecified atom stereocenters. The number of esters is 1. The third-order valence-corrected chi connectivity index (χ3v) is 3.95. The summed E-state index contributed by atoms with van der Waals surface area (Å²) >= 11 is 0. The van der Waals surface area contributed by atoms with E-state index in [-0.39, 0.29) is 13.2 Å². The summed E-state index contributed by atoms with van der Waals surface area (Å²) in [6.45, 7) is 0.635. The number of cyclic esters (lactones) is 1. The second-order valence-electron chi connectivity index (χ2n) is 5.32. The summed E-state index contributed by atoms with van der Waals surface area (Å²) in [6, 6.07) is 9.55. The number of methoxy groups -OCH3 is 1. The van der Waals surface area contributed by atoms with E-state index in [1.807, 2.05) is 30.3 Å². The van der Waals surface area contributed by atoms with Gasteiger partial charge in [0.25, 0.3) is 10.1 Å². The van der Waals surface area contributed by atoms with Gasteiger partial charge in [-0.05, 0) is 5.56 Å². The number of ether oxygens (including phenoxy) is 3. The first-order valence-corrected chi connectivity index (χ1v) is 8.91. The number of hydrogen-bond donors (Lipinski definition) is 0. The molecular weight excluding hydrogens is 324 g/mol. The van der Waals surface area contributed by atoms with Crippen molar-refractivity contribution in [3.8, 4) is 0 Å². The van der Waals surface area contributed by atoms with Crippen LogP contribution in [0.3, 0.4) is 0 Å². The minimum absolute atomic E-state index is 0.130. The molecule has 0 N–H and O–H groups in total. The first-order chi connectivity index (χ1) is 10.9. The third kappa shape index (κ3) is 5.28. The SMILES string of the molecule is COC[C@@H]1[C@@H](COCc2ccccc2)OC(=O)[C@@H]1OS(C)(=O)=O. The summed E-state index contributed by atoms with van der Waals surface area (Å²) in [5.74, 6) is -1.26. The van der Waals surface area contributed by atoms with Crippen LogP contribution in [0.25, 0.3) is 0 Å². The zero-order valence-electron chi connectivity index (χ0n) is 13.0. The molecule has 128 valence electrons. The maximum Gasteiger partial charge on any atom is 0.337 e. The second-order valence-corrected chi connectivity index (χ2v) is 6.92. The lowest BCUT2D eigenvalue weighted by Gasteiger charge is -2.19.